The highest BCUT2D eigenvalue weighted by Gasteiger charge is 2.36. The van der Waals surface area contributed by atoms with Crippen LogP contribution in [0.2, 0.25) is 0 Å². The number of hydrogen-bond acceptors (Lipinski definition) is 2. The molecule has 3 nitrogen and oxygen atoms in total. The van der Waals surface area contributed by atoms with Gasteiger partial charge in [0.15, 0.2) is 5.78 Å². The van der Waals surface area contributed by atoms with Crippen molar-refractivity contribution in [1.82, 2.24) is 0 Å². The van der Waals surface area contributed by atoms with Gasteiger partial charge in [-0.15, -0.1) is 0 Å². The molecule has 3 heteroatoms. The van der Waals surface area contributed by atoms with Crippen LogP contribution in [-0.4, -0.2) is 16.9 Å². The lowest BCUT2D eigenvalue weighted by Crippen LogP contribution is -2.30. The van der Waals surface area contributed by atoms with Crippen molar-refractivity contribution in [3.05, 3.63) is 35.4 Å². The molecule has 1 N–H and O–H groups in total. The summed E-state index contributed by atoms with van der Waals surface area (Å²) < 4.78 is 0. The summed E-state index contributed by atoms with van der Waals surface area (Å²) in [7, 11) is 0. The van der Waals surface area contributed by atoms with Gasteiger partial charge in [0.25, 0.3) is 0 Å². The van der Waals surface area contributed by atoms with Crippen molar-refractivity contribution in [3.8, 4) is 0 Å². The van der Waals surface area contributed by atoms with Crippen molar-refractivity contribution < 1.29 is 14.7 Å². The highest BCUT2D eigenvalue weighted by atomic mass is 16.4. The summed E-state index contributed by atoms with van der Waals surface area (Å²) in [6.07, 6.45) is 5.42. The van der Waals surface area contributed by atoms with Gasteiger partial charge in [0.1, 0.15) is 0 Å². The largest absolute Gasteiger partial charge is 0.481 e. The van der Waals surface area contributed by atoms with Crippen molar-refractivity contribution >= 4 is 11.8 Å². The van der Waals surface area contributed by atoms with E-state index in [0.29, 0.717) is 12.0 Å². The normalized spacial score (nSPS) is 17.6. The number of carbonyl (C=O) groups excluding carboxylic acids is 1. The number of carboxylic acids is 1. The number of Topliss-reactive ketones (excluding diaryl/α,β-unsaturated/α-hetero) is 1. The van der Waals surface area contributed by atoms with Crippen LogP contribution in [0.3, 0.4) is 0 Å². The Labute approximate surface area is 120 Å². The third-order valence-electron chi connectivity index (χ3n) is 4.35. The number of ketones is 1. The summed E-state index contributed by atoms with van der Waals surface area (Å²) in [5.74, 6) is -0.711. The van der Waals surface area contributed by atoms with Crippen LogP contribution in [0.25, 0.3) is 0 Å². The van der Waals surface area contributed by atoms with Gasteiger partial charge in [0, 0.05) is 12.0 Å². The second-order valence-corrected chi connectivity index (χ2v) is 6.10. The first-order chi connectivity index (χ1) is 9.51. The third kappa shape index (κ3) is 3.69. The van der Waals surface area contributed by atoms with Gasteiger partial charge in [-0.2, -0.15) is 0 Å². The first-order valence-corrected chi connectivity index (χ1v) is 7.32. The topological polar surface area (TPSA) is 54.4 Å². The van der Waals surface area contributed by atoms with Gasteiger partial charge in [0.2, 0.25) is 0 Å². The zero-order valence-corrected chi connectivity index (χ0v) is 12.0. The molecule has 2 rings (SSSR count). The summed E-state index contributed by atoms with van der Waals surface area (Å²) in [5.41, 5.74) is 1.50. The first-order valence-electron chi connectivity index (χ1n) is 7.32. The molecular formula is C17H22O3. The standard InChI is InChI=1S/C17H22O3/c1-13-5-7-14(8-6-13)15(18)11-17(12-16(19)20)9-3-2-4-10-17/h5-8H,2-4,9-12H2,1H3,(H,19,20). The number of carbonyl (C=O) groups is 2. The lowest BCUT2D eigenvalue weighted by molar-refractivity contribution is -0.140. The zero-order valence-electron chi connectivity index (χ0n) is 12.0. The molecule has 1 saturated carbocycles. The van der Waals surface area contributed by atoms with Gasteiger partial charge in [-0.25, -0.2) is 0 Å². The Morgan fingerprint density at radius 1 is 1.05 bits per heavy atom. The Morgan fingerprint density at radius 3 is 2.20 bits per heavy atom. The Bertz CT molecular complexity index is 481. The number of carboxylic acid groups (broad SMARTS) is 1. The minimum atomic E-state index is -0.788. The summed E-state index contributed by atoms with van der Waals surface area (Å²) in [6.45, 7) is 1.99. The molecular weight excluding hydrogens is 252 g/mol. The predicted molar refractivity (Wildman–Crippen MR) is 77.9 cm³/mol. The molecule has 1 aromatic carbocycles. The first kappa shape index (κ1) is 14.8. The Hall–Kier alpha value is -1.64. The van der Waals surface area contributed by atoms with E-state index < -0.39 is 5.97 Å². The number of aryl methyl sites for hydroxylation is 1. The van der Waals surface area contributed by atoms with E-state index in [4.69, 9.17) is 5.11 Å². The van der Waals surface area contributed by atoms with Gasteiger partial charge >= 0.3 is 5.97 Å². The minimum absolute atomic E-state index is 0.0770. The summed E-state index contributed by atoms with van der Waals surface area (Å²) in [4.78, 5) is 23.5. The zero-order chi connectivity index (χ0) is 14.6. The highest BCUT2D eigenvalue weighted by Crippen LogP contribution is 2.43. The molecule has 0 aromatic heterocycles. The van der Waals surface area contributed by atoms with E-state index in [1.807, 2.05) is 31.2 Å². The maximum Gasteiger partial charge on any atom is 0.303 e. The fourth-order valence-corrected chi connectivity index (χ4v) is 3.22. The average molecular weight is 274 g/mol. The average Bonchev–Trinajstić information content (AvgIpc) is 2.39. The molecule has 0 heterocycles. The van der Waals surface area contributed by atoms with Crippen LogP contribution in [0.4, 0.5) is 0 Å². The van der Waals surface area contributed by atoms with Crippen molar-refractivity contribution in [1.29, 1.82) is 0 Å². The van der Waals surface area contributed by atoms with Gasteiger partial charge in [-0.3, -0.25) is 9.59 Å². The number of rotatable bonds is 5. The number of hydrogen-bond donors (Lipinski definition) is 1. The molecule has 0 radical (unpaired) electrons. The molecule has 1 aromatic rings. The van der Waals surface area contributed by atoms with Crippen molar-refractivity contribution in [3.63, 3.8) is 0 Å². The molecule has 0 amide bonds. The van der Waals surface area contributed by atoms with Crippen molar-refractivity contribution in [2.24, 2.45) is 5.41 Å². The van der Waals surface area contributed by atoms with Crippen LogP contribution in [-0.2, 0) is 4.79 Å². The van der Waals surface area contributed by atoms with Crippen molar-refractivity contribution in [2.75, 3.05) is 0 Å². The summed E-state index contributed by atoms with van der Waals surface area (Å²) in [6, 6.07) is 7.54. The third-order valence-corrected chi connectivity index (χ3v) is 4.35. The SMILES string of the molecule is Cc1ccc(C(=O)CC2(CC(=O)O)CCCCC2)cc1. The maximum absolute atomic E-state index is 12.4. The number of benzene rings is 1. The Balaban J connectivity index is 2.12. The fourth-order valence-electron chi connectivity index (χ4n) is 3.22. The second-order valence-electron chi connectivity index (χ2n) is 6.10. The summed E-state index contributed by atoms with van der Waals surface area (Å²) in [5, 5.41) is 9.14. The lowest BCUT2D eigenvalue weighted by Gasteiger charge is -2.35. The maximum atomic E-state index is 12.4. The minimum Gasteiger partial charge on any atom is -0.481 e. The molecule has 1 fully saturated rings. The van der Waals surface area contributed by atoms with Crippen LogP contribution in [0.5, 0.6) is 0 Å². The van der Waals surface area contributed by atoms with Gasteiger partial charge in [0.05, 0.1) is 6.42 Å². The predicted octanol–water partition coefficient (Wildman–Crippen LogP) is 3.99. The molecule has 20 heavy (non-hydrogen) atoms. The van der Waals surface area contributed by atoms with Crippen LogP contribution in [0, 0.1) is 12.3 Å². The van der Waals surface area contributed by atoms with Crippen LogP contribution >= 0.6 is 0 Å². The molecule has 108 valence electrons. The molecule has 1 aliphatic carbocycles. The second kappa shape index (κ2) is 6.21. The fraction of sp³-hybridized carbons (Fsp3) is 0.529. The van der Waals surface area contributed by atoms with E-state index in [1.165, 1.54) is 0 Å². The molecule has 0 aliphatic heterocycles. The number of aliphatic carboxylic acids is 1. The molecule has 0 unspecified atom stereocenters. The van der Waals surface area contributed by atoms with E-state index in [1.54, 1.807) is 0 Å². The lowest BCUT2D eigenvalue weighted by atomic mass is 9.68. The van der Waals surface area contributed by atoms with E-state index >= 15 is 0 Å². The highest BCUT2D eigenvalue weighted by molar-refractivity contribution is 5.96. The van der Waals surface area contributed by atoms with Crippen LogP contribution in [0.1, 0.15) is 60.9 Å². The van der Waals surface area contributed by atoms with Gasteiger partial charge < -0.3 is 5.11 Å². The van der Waals surface area contributed by atoms with Crippen LogP contribution in [0.15, 0.2) is 24.3 Å². The van der Waals surface area contributed by atoms with Gasteiger partial charge in [-0.1, -0.05) is 49.1 Å². The van der Waals surface area contributed by atoms with E-state index in [2.05, 4.69) is 0 Å². The van der Waals surface area contributed by atoms with Crippen LogP contribution < -0.4 is 0 Å². The molecule has 0 saturated heterocycles. The monoisotopic (exact) mass is 274 g/mol. The molecule has 0 bridgehead atoms. The Kier molecular flexibility index (Phi) is 4.58. The van der Waals surface area contributed by atoms with Crippen molar-refractivity contribution in [2.45, 2.75) is 51.9 Å². The Morgan fingerprint density at radius 2 is 1.65 bits per heavy atom. The van der Waals surface area contributed by atoms with E-state index in [9.17, 15) is 9.59 Å². The summed E-state index contributed by atoms with van der Waals surface area (Å²) >= 11 is 0. The molecule has 0 atom stereocenters. The van der Waals surface area contributed by atoms with E-state index in [-0.39, 0.29) is 17.6 Å². The molecule has 1 aliphatic rings. The van der Waals surface area contributed by atoms with E-state index in [0.717, 1.165) is 37.7 Å². The quantitative estimate of drug-likeness (QED) is 0.826. The smallest absolute Gasteiger partial charge is 0.303 e. The molecule has 0 spiro atoms. The van der Waals surface area contributed by atoms with Gasteiger partial charge in [-0.05, 0) is 25.2 Å².